The van der Waals surface area contributed by atoms with E-state index in [0.29, 0.717) is 17.9 Å². The molecular weight excluding hydrogens is 388 g/mol. The molecule has 1 heterocycles. The van der Waals surface area contributed by atoms with Crippen molar-refractivity contribution in [2.24, 2.45) is 0 Å². The van der Waals surface area contributed by atoms with Gasteiger partial charge in [-0.1, -0.05) is 24.3 Å². The fourth-order valence-corrected chi connectivity index (χ4v) is 3.41. The lowest BCUT2D eigenvalue weighted by atomic mass is 10.1. The van der Waals surface area contributed by atoms with E-state index in [1.54, 1.807) is 54.9 Å². The van der Waals surface area contributed by atoms with Crippen molar-refractivity contribution in [3.8, 4) is 5.75 Å². The molecule has 29 heavy (non-hydrogen) atoms. The number of aromatic nitrogens is 1. The van der Waals surface area contributed by atoms with Gasteiger partial charge in [-0.15, -0.1) is 0 Å². The van der Waals surface area contributed by atoms with Crippen LogP contribution >= 0.6 is 0 Å². The van der Waals surface area contributed by atoms with Crippen LogP contribution in [0, 0.1) is 0 Å². The van der Waals surface area contributed by atoms with E-state index in [2.05, 4.69) is 10.3 Å². The summed E-state index contributed by atoms with van der Waals surface area (Å²) < 4.78 is 29.0. The zero-order chi connectivity index (χ0) is 20.9. The highest BCUT2D eigenvalue weighted by atomic mass is 32.2. The lowest BCUT2D eigenvalue weighted by molar-refractivity contribution is 0.0935. The van der Waals surface area contributed by atoms with Crippen molar-refractivity contribution in [2.75, 3.05) is 6.26 Å². The second kappa shape index (κ2) is 8.87. The van der Waals surface area contributed by atoms with Crippen LogP contribution in [-0.4, -0.2) is 25.6 Å². The minimum atomic E-state index is -3.25. The first-order valence-electron chi connectivity index (χ1n) is 9.06. The fraction of sp³-hybridized carbons (Fsp3) is 0.182. The Morgan fingerprint density at radius 2 is 1.69 bits per heavy atom. The second-order valence-electron chi connectivity index (χ2n) is 6.68. The van der Waals surface area contributed by atoms with E-state index in [9.17, 15) is 13.2 Å². The lowest BCUT2D eigenvalue weighted by Crippen LogP contribution is -2.27. The van der Waals surface area contributed by atoms with Crippen molar-refractivity contribution in [3.05, 3.63) is 89.7 Å². The van der Waals surface area contributed by atoms with Gasteiger partial charge in [0.1, 0.15) is 12.4 Å². The molecule has 1 atom stereocenters. The molecule has 0 aliphatic carbocycles. The molecule has 0 saturated carbocycles. The second-order valence-corrected chi connectivity index (χ2v) is 8.69. The molecule has 3 aromatic rings. The van der Waals surface area contributed by atoms with Gasteiger partial charge in [0, 0.05) is 18.6 Å². The number of hydrogen-bond donors (Lipinski definition) is 1. The van der Waals surface area contributed by atoms with Gasteiger partial charge in [-0.2, -0.15) is 0 Å². The molecule has 0 bridgehead atoms. The Hall–Kier alpha value is -3.19. The van der Waals surface area contributed by atoms with Crippen LogP contribution in [0.15, 0.2) is 78.0 Å². The fourth-order valence-electron chi connectivity index (χ4n) is 2.78. The van der Waals surface area contributed by atoms with Gasteiger partial charge < -0.3 is 10.1 Å². The smallest absolute Gasteiger partial charge is 0.255 e. The molecule has 7 heteroatoms. The highest BCUT2D eigenvalue weighted by molar-refractivity contribution is 7.90. The molecule has 0 radical (unpaired) electrons. The third-order valence-corrected chi connectivity index (χ3v) is 5.56. The molecule has 3 rings (SSSR count). The van der Waals surface area contributed by atoms with Crippen molar-refractivity contribution >= 4 is 15.7 Å². The van der Waals surface area contributed by atoms with Gasteiger partial charge >= 0.3 is 0 Å². The number of pyridine rings is 1. The van der Waals surface area contributed by atoms with Gasteiger partial charge in [0.2, 0.25) is 0 Å². The van der Waals surface area contributed by atoms with Crippen molar-refractivity contribution in [1.29, 1.82) is 0 Å². The number of sulfone groups is 1. The van der Waals surface area contributed by atoms with Gasteiger partial charge in [-0.3, -0.25) is 9.78 Å². The van der Waals surface area contributed by atoms with Crippen LogP contribution in [0.25, 0.3) is 0 Å². The molecule has 1 aromatic heterocycles. The van der Waals surface area contributed by atoms with Crippen LogP contribution in [0.4, 0.5) is 0 Å². The van der Waals surface area contributed by atoms with Gasteiger partial charge in [0.05, 0.1) is 16.5 Å². The monoisotopic (exact) mass is 410 g/mol. The minimum Gasteiger partial charge on any atom is -0.488 e. The maximum atomic E-state index is 12.8. The highest BCUT2D eigenvalue weighted by Gasteiger charge is 2.16. The van der Waals surface area contributed by atoms with Gasteiger partial charge in [0.25, 0.3) is 5.91 Å². The Labute approximate surface area is 170 Å². The average molecular weight is 410 g/mol. The Kier molecular flexibility index (Phi) is 6.29. The Bertz CT molecular complexity index is 1080. The maximum absolute atomic E-state index is 12.8. The van der Waals surface area contributed by atoms with Crippen molar-refractivity contribution in [2.45, 2.75) is 24.5 Å². The Morgan fingerprint density at radius 3 is 2.34 bits per heavy atom. The van der Waals surface area contributed by atoms with Gasteiger partial charge in [-0.05, 0) is 54.4 Å². The molecule has 0 spiro atoms. The number of ether oxygens (including phenoxy) is 1. The van der Waals surface area contributed by atoms with Gasteiger partial charge in [-0.25, -0.2) is 8.42 Å². The number of nitrogens with zero attached hydrogens (tertiary/aromatic N) is 1. The topological polar surface area (TPSA) is 85.4 Å². The number of hydrogen-bond acceptors (Lipinski definition) is 5. The van der Waals surface area contributed by atoms with Crippen molar-refractivity contribution < 1.29 is 17.9 Å². The first kappa shape index (κ1) is 20.5. The van der Waals surface area contributed by atoms with Crippen molar-refractivity contribution in [3.63, 3.8) is 0 Å². The summed E-state index contributed by atoms with van der Waals surface area (Å²) in [5.74, 6) is 0.219. The molecule has 0 aliphatic rings. The molecule has 1 unspecified atom stereocenters. The summed E-state index contributed by atoms with van der Waals surface area (Å²) in [6, 6.07) is 16.9. The predicted molar refractivity (Wildman–Crippen MR) is 110 cm³/mol. The molecule has 2 aromatic carbocycles. The zero-order valence-electron chi connectivity index (χ0n) is 16.2. The highest BCUT2D eigenvalue weighted by Crippen LogP contribution is 2.22. The summed E-state index contributed by atoms with van der Waals surface area (Å²) in [7, 11) is -3.25. The number of amides is 1. The van der Waals surface area contributed by atoms with E-state index >= 15 is 0 Å². The van der Waals surface area contributed by atoms with Gasteiger partial charge in [0.15, 0.2) is 9.84 Å². The molecular formula is C22H22N2O4S. The van der Waals surface area contributed by atoms with Crippen LogP contribution in [0.5, 0.6) is 5.75 Å². The maximum Gasteiger partial charge on any atom is 0.255 e. The van der Waals surface area contributed by atoms with E-state index in [-0.39, 0.29) is 16.8 Å². The summed E-state index contributed by atoms with van der Waals surface area (Å²) in [6.07, 6.45) is 4.54. The molecule has 0 saturated heterocycles. The molecule has 0 aliphatic heterocycles. The summed E-state index contributed by atoms with van der Waals surface area (Å²) in [4.78, 5) is 17.0. The molecule has 0 fully saturated rings. The summed E-state index contributed by atoms with van der Waals surface area (Å²) >= 11 is 0. The Balaban J connectivity index is 1.70. The first-order chi connectivity index (χ1) is 13.8. The molecule has 6 nitrogen and oxygen atoms in total. The largest absolute Gasteiger partial charge is 0.488 e. The third kappa shape index (κ3) is 5.42. The number of benzene rings is 2. The number of nitrogens with one attached hydrogen (secondary N) is 1. The van der Waals surface area contributed by atoms with Crippen LogP contribution in [0.1, 0.15) is 34.5 Å². The zero-order valence-corrected chi connectivity index (χ0v) is 17.0. The lowest BCUT2D eigenvalue weighted by Gasteiger charge is -2.17. The summed E-state index contributed by atoms with van der Waals surface area (Å²) in [6.45, 7) is 2.17. The number of carbonyl (C=O) groups excluding carboxylic acids is 1. The van der Waals surface area contributed by atoms with Crippen LogP contribution in [0.3, 0.4) is 0 Å². The molecule has 1 N–H and O–H groups in total. The van der Waals surface area contributed by atoms with Crippen molar-refractivity contribution in [1.82, 2.24) is 10.3 Å². The normalized spacial score (nSPS) is 12.2. The van der Waals surface area contributed by atoms with E-state index in [1.165, 1.54) is 0 Å². The molecule has 1 amide bonds. The van der Waals surface area contributed by atoms with E-state index in [4.69, 9.17) is 4.74 Å². The average Bonchev–Trinajstić information content (AvgIpc) is 2.72. The van der Waals surface area contributed by atoms with Crippen LogP contribution < -0.4 is 10.1 Å². The van der Waals surface area contributed by atoms with E-state index < -0.39 is 9.84 Å². The third-order valence-electron chi connectivity index (χ3n) is 4.43. The van der Waals surface area contributed by atoms with E-state index in [1.807, 2.05) is 25.1 Å². The predicted octanol–water partition coefficient (Wildman–Crippen LogP) is 3.56. The SMILES string of the molecule is CC(NC(=O)c1ccccc1OCc1ccncc1)c1ccc(S(C)(=O)=O)cc1. The number of rotatable bonds is 7. The van der Waals surface area contributed by atoms with Crippen LogP contribution in [0.2, 0.25) is 0 Å². The first-order valence-corrected chi connectivity index (χ1v) is 11.0. The number of carbonyl (C=O) groups is 1. The molecule has 150 valence electrons. The van der Waals surface area contributed by atoms with E-state index in [0.717, 1.165) is 17.4 Å². The number of para-hydroxylation sites is 1. The minimum absolute atomic E-state index is 0.245. The summed E-state index contributed by atoms with van der Waals surface area (Å²) in [5.41, 5.74) is 2.19. The summed E-state index contributed by atoms with van der Waals surface area (Å²) in [5, 5.41) is 2.93. The quantitative estimate of drug-likeness (QED) is 0.644. The Morgan fingerprint density at radius 1 is 1.03 bits per heavy atom. The standard InChI is InChI=1S/C22H22N2O4S/c1-16(18-7-9-19(10-8-18)29(2,26)27)24-22(25)20-5-3-4-6-21(20)28-15-17-11-13-23-14-12-17/h3-14,16H,15H2,1-2H3,(H,24,25). The van der Waals surface area contributed by atoms with Crippen LogP contribution in [-0.2, 0) is 16.4 Å².